The molecule has 0 spiro atoms. The molecule has 0 aromatic heterocycles. The molecule has 17 heteroatoms. The van der Waals surface area contributed by atoms with Crippen LogP contribution in [0.25, 0.3) is 11.1 Å². The molecule has 2 amide bonds. The minimum absolute atomic E-state index is 0.0689. The highest BCUT2D eigenvalue weighted by atomic mass is 32.2. The maximum absolute atomic E-state index is 13.1. The first kappa shape index (κ1) is 38.5. The van der Waals surface area contributed by atoms with E-state index in [4.69, 9.17) is 20.2 Å². The topological polar surface area (TPSA) is 266 Å². The van der Waals surface area contributed by atoms with E-state index in [2.05, 4.69) is 16.0 Å². The van der Waals surface area contributed by atoms with Gasteiger partial charge in [-0.2, -0.15) is 16.8 Å². The molecule has 0 unspecified atom stereocenters. The Labute approximate surface area is 272 Å². The van der Waals surface area contributed by atoms with Gasteiger partial charge in [-0.05, 0) is 85.4 Å². The van der Waals surface area contributed by atoms with Gasteiger partial charge in [0, 0.05) is 28.9 Å². The van der Waals surface area contributed by atoms with E-state index < -0.39 is 32.1 Å². The van der Waals surface area contributed by atoms with E-state index in [-0.39, 0.29) is 28.4 Å². The maximum atomic E-state index is 13.1. The summed E-state index contributed by atoms with van der Waals surface area (Å²) in [5.41, 5.74) is 7.74. The van der Waals surface area contributed by atoms with Crippen molar-refractivity contribution in [3.05, 3.63) is 89.0 Å². The van der Waals surface area contributed by atoms with Crippen LogP contribution in [0.3, 0.4) is 0 Å². The Hall–Kier alpha value is -4.68. The number of nitrogens with one attached hydrogen (secondary N) is 4. The van der Waals surface area contributed by atoms with Crippen LogP contribution in [-0.4, -0.2) is 86.8 Å². The van der Waals surface area contributed by atoms with Crippen molar-refractivity contribution in [1.82, 2.24) is 10.6 Å². The molecule has 3 aromatic carbocycles. The van der Waals surface area contributed by atoms with Crippen LogP contribution < -0.4 is 21.7 Å². The first-order valence-corrected chi connectivity index (χ1v) is 17.6. The number of carboxylic acid groups (broad SMARTS) is 1. The maximum Gasteiger partial charge on any atom is 0.336 e. The van der Waals surface area contributed by atoms with Gasteiger partial charge in [0.15, 0.2) is 0 Å². The van der Waals surface area contributed by atoms with Crippen LogP contribution >= 0.6 is 0 Å². The van der Waals surface area contributed by atoms with E-state index >= 15 is 0 Å². The zero-order valence-electron chi connectivity index (χ0n) is 25.6. The number of carbonyl (C=O) groups is 3. The number of hydrogen-bond donors (Lipinski definition) is 8. The van der Waals surface area contributed by atoms with Crippen molar-refractivity contribution in [1.29, 1.82) is 5.41 Å². The van der Waals surface area contributed by atoms with Gasteiger partial charge in [0.25, 0.3) is 32.1 Å². The zero-order chi connectivity index (χ0) is 35.4. The number of hydrogen-bond acceptors (Lipinski definition) is 9. The molecule has 0 atom stereocenters. The number of rotatable bonds is 8. The number of carboxylic acids is 1. The van der Waals surface area contributed by atoms with Gasteiger partial charge < -0.3 is 26.8 Å². The highest BCUT2D eigenvalue weighted by Crippen LogP contribution is 2.29. The molecule has 47 heavy (non-hydrogen) atoms. The van der Waals surface area contributed by atoms with Crippen LogP contribution in [0.1, 0.15) is 49.5 Å². The van der Waals surface area contributed by atoms with Gasteiger partial charge in [0.1, 0.15) is 5.84 Å². The second-order valence-electron chi connectivity index (χ2n) is 10.4. The number of anilines is 1. The summed E-state index contributed by atoms with van der Waals surface area (Å²) < 4.78 is 51.7. The lowest BCUT2D eigenvalue weighted by molar-refractivity contribution is 0.0697. The van der Waals surface area contributed by atoms with Gasteiger partial charge in [-0.25, -0.2) is 4.79 Å². The zero-order valence-corrected chi connectivity index (χ0v) is 27.2. The normalized spacial score (nSPS) is 13.1. The van der Waals surface area contributed by atoms with Crippen LogP contribution in [0, 0.1) is 11.3 Å². The van der Waals surface area contributed by atoms with Crippen molar-refractivity contribution < 1.29 is 45.4 Å². The predicted octanol–water partition coefficient (Wildman–Crippen LogP) is 2.33. The number of aromatic carboxylic acids is 1. The van der Waals surface area contributed by atoms with Crippen molar-refractivity contribution in [3.8, 4) is 11.1 Å². The smallest absolute Gasteiger partial charge is 0.336 e. The average Bonchev–Trinajstić information content (AvgIpc) is 2.98. The first-order chi connectivity index (χ1) is 21.8. The van der Waals surface area contributed by atoms with Gasteiger partial charge in [0.2, 0.25) is 0 Å². The Morgan fingerprint density at radius 1 is 0.830 bits per heavy atom. The van der Waals surface area contributed by atoms with Crippen molar-refractivity contribution in [2.24, 2.45) is 11.7 Å². The third-order valence-corrected chi connectivity index (χ3v) is 6.44. The number of benzene rings is 3. The summed E-state index contributed by atoms with van der Waals surface area (Å²) in [5, 5.41) is 26.4. The molecule has 254 valence electrons. The van der Waals surface area contributed by atoms with Gasteiger partial charge in [-0.3, -0.25) is 24.1 Å². The molecule has 15 nitrogen and oxygen atoms in total. The monoisotopic (exact) mass is 691 g/mol. The Kier molecular flexibility index (Phi) is 14.2. The third kappa shape index (κ3) is 14.5. The van der Waals surface area contributed by atoms with E-state index in [9.17, 15) is 36.3 Å². The summed E-state index contributed by atoms with van der Waals surface area (Å²) in [7, 11) is -7.33. The van der Waals surface area contributed by atoms with Crippen LogP contribution in [0.2, 0.25) is 0 Å². The molecule has 0 saturated carbocycles. The van der Waals surface area contributed by atoms with Crippen molar-refractivity contribution in [2.45, 2.75) is 12.8 Å². The molecule has 1 fully saturated rings. The lowest BCUT2D eigenvalue weighted by Gasteiger charge is -2.22. The van der Waals surface area contributed by atoms with E-state index in [0.717, 1.165) is 25.9 Å². The SMILES string of the molecule is CS(=O)(=O)O.CS(=O)(=O)O.N=C(N)c1ccc(NC(=O)c2ccccc2-c2ccc(C(=O)NCC3CCNCC3)cc2C(=O)O)cc1. The van der Waals surface area contributed by atoms with E-state index in [0.29, 0.717) is 47.4 Å². The number of carbonyl (C=O) groups excluding carboxylic acids is 2. The molecule has 1 heterocycles. The van der Waals surface area contributed by atoms with Gasteiger partial charge in [-0.1, -0.05) is 24.3 Å². The lowest BCUT2D eigenvalue weighted by Crippen LogP contribution is -2.36. The second kappa shape index (κ2) is 17.3. The molecule has 1 aliphatic rings. The largest absolute Gasteiger partial charge is 0.478 e. The van der Waals surface area contributed by atoms with Crippen molar-refractivity contribution >= 4 is 49.5 Å². The van der Waals surface area contributed by atoms with Crippen molar-refractivity contribution in [2.75, 3.05) is 37.5 Å². The Bertz CT molecular complexity index is 1760. The first-order valence-electron chi connectivity index (χ1n) is 13.9. The molecule has 0 radical (unpaired) electrons. The van der Waals surface area contributed by atoms with Crippen LogP contribution in [0.4, 0.5) is 5.69 Å². The summed E-state index contributed by atoms with van der Waals surface area (Å²) >= 11 is 0. The average molecular weight is 692 g/mol. The Balaban J connectivity index is 0.000000670. The molecular formula is C30H37N5O10S2. The highest BCUT2D eigenvalue weighted by molar-refractivity contribution is 7.85. The summed E-state index contributed by atoms with van der Waals surface area (Å²) in [6.07, 6.45) is 3.40. The number of piperidine rings is 1. The highest BCUT2D eigenvalue weighted by Gasteiger charge is 2.21. The molecule has 1 aliphatic heterocycles. The van der Waals surface area contributed by atoms with Crippen LogP contribution in [0.15, 0.2) is 66.7 Å². The number of amides is 2. The quantitative estimate of drug-likeness (QED) is 0.0961. The fraction of sp³-hybridized carbons (Fsp3) is 0.267. The van der Waals surface area contributed by atoms with Crippen LogP contribution in [0.5, 0.6) is 0 Å². The fourth-order valence-corrected chi connectivity index (χ4v) is 4.37. The number of amidine groups is 1. The van der Waals surface area contributed by atoms with Gasteiger partial charge in [-0.15, -0.1) is 0 Å². The number of nitrogens with two attached hydrogens (primary N) is 1. The third-order valence-electron chi connectivity index (χ3n) is 6.44. The van der Waals surface area contributed by atoms with E-state index in [1.54, 1.807) is 60.7 Å². The molecule has 0 bridgehead atoms. The number of nitrogen functional groups attached to an aromatic ring is 1. The van der Waals surface area contributed by atoms with E-state index in [1.165, 1.54) is 6.07 Å². The lowest BCUT2D eigenvalue weighted by atomic mass is 9.93. The minimum Gasteiger partial charge on any atom is -0.478 e. The molecule has 3 aromatic rings. The minimum atomic E-state index is -3.67. The standard InChI is InChI=1S/C28H29N5O4.2CH4O3S/c29-25(30)18-5-8-20(9-6-18)33-27(35)23-4-2-1-3-21(23)22-10-7-19(15-24(22)28(36)37)26(34)32-16-17-11-13-31-14-12-17;2*1-5(2,3)4/h1-10,15,17,31H,11-14,16H2,(H3,29,30)(H,32,34)(H,33,35)(H,36,37);2*1H3,(H,2,3,4). The molecule has 1 saturated heterocycles. The van der Waals surface area contributed by atoms with Gasteiger partial charge >= 0.3 is 5.97 Å². The summed E-state index contributed by atoms with van der Waals surface area (Å²) in [4.78, 5) is 38.0. The fourth-order valence-electron chi connectivity index (χ4n) is 4.37. The van der Waals surface area contributed by atoms with Crippen LogP contribution in [-0.2, 0) is 20.2 Å². The summed E-state index contributed by atoms with van der Waals surface area (Å²) in [6, 6.07) is 17.7. The second-order valence-corrected chi connectivity index (χ2v) is 13.4. The Morgan fingerprint density at radius 2 is 1.34 bits per heavy atom. The molecule has 0 aliphatic carbocycles. The Morgan fingerprint density at radius 3 is 1.87 bits per heavy atom. The summed E-state index contributed by atoms with van der Waals surface area (Å²) in [6.45, 7) is 2.39. The van der Waals surface area contributed by atoms with Gasteiger partial charge in [0.05, 0.1) is 18.1 Å². The molecule has 4 rings (SSSR count). The molecular weight excluding hydrogens is 654 g/mol. The van der Waals surface area contributed by atoms with E-state index in [1.807, 2.05) is 0 Å². The predicted molar refractivity (Wildman–Crippen MR) is 177 cm³/mol. The summed E-state index contributed by atoms with van der Waals surface area (Å²) in [5.74, 6) is -1.63. The molecule has 9 N–H and O–H groups in total. The van der Waals surface area contributed by atoms with Crippen molar-refractivity contribution in [3.63, 3.8) is 0 Å².